The summed E-state index contributed by atoms with van der Waals surface area (Å²) >= 11 is 0. The highest BCUT2D eigenvalue weighted by atomic mass is 35.5. The van der Waals surface area contributed by atoms with Crippen LogP contribution in [0.1, 0.15) is 45.1 Å². The number of nitrogen functional groups attached to an aromatic ring is 1. The molecule has 0 bridgehead atoms. The van der Waals surface area contributed by atoms with Crippen LogP contribution < -0.4 is 21.5 Å². The molecule has 5 rings (SSSR count). The fourth-order valence-corrected chi connectivity index (χ4v) is 4.72. The second-order valence-electron chi connectivity index (χ2n) is 9.22. The van der Waals surface area contributed by atoms with Crippen LogP contribution in [0.3, 0.4) is 0 Å². The molecule has 0 radical (unpaired) electrons. The van der Waals surface area contributed by atoms with Gasteiger partial charge in [0.1, 0.15) is 29.3 Å². The second-order valence-corrected chi connectivity index (χ2v) is 9.22. The molecule has 1 aliphatic rings. The number of nitrogens with zero attached hydrogens (tertiary/aromatic N) is 4. The fourth-order valence-electron chi connectivity index (χ4n) is 4.72. The van der Waals surface area contributed by atoms with Crippen LogP contribution in [0.4, 0.5) is 5.82 Å². The molecule has 0 spiro atoms. The van der Waals surface area contributed by atoms with Crippen LogP contribution in [-0.2, 0) is 4.79 Å². The Morgan fingerprint density at radius 1 is 1.05 bits per heavy atom. The first kappa shape index (κ1) is 26.4. The summed E-state index contributed by atoms with van der Waals surface area (Å²) in [4.78, 5) is 21.0. The molecule has 0 aliphatic heterocycles. The van der Waals surface area contributed by atoms with Gasteiger partial charge in [-0.25, -0.2) is 14.6 Å². The number of fused-ring (bicyclic) bond motifs is 1. The van der Waals surface area contributed by atoms with Crippen LogP contribution in [0.2, 0.25) is 0 Å². The maximum Gasteiger partial charge on any atom is 0.237 e. The van der Waals surface area contributed by atoms with Crippen molar-refractivity contribution >= 4 is 35.2 Å². The summed E-state index contributed by atoms with van der Waals surface area (Å²) in [7, 11) is 0. The summed E-state index contributed by atoms with van der Waals surface area (Å²) in [5.74, 6) is 1.84. The van der Waals surface area contributed by atoms with Crippen molar-refractivity contribution in [3.8, 4) is 22.8 Å². The highest BCUT2D eigenvalue weighted by Crippen LogP contribution is 2.36. The Kier molecular flexibility index (Phi) is 8.25. The van der Waals surface area contributed by atoms with Gasteiger partial charge in [0.15, 0.2) is 5.65 Å². The molecule has 2 aromatic heterocycles. The minimum atomic E-state index is -0.454. The summed E-state index contributed by atoms with van der Waals surface area (Å²) in [5.41, 5.74) is 14.6. The van der Waals surface area contributed by atoms with E-state index in [1.807, 2.05) is 66.2 Å². The molecule has 1 saturated carbocycles. The summed E-state index contributed by atoms with van der Waals surface area (Å²) < 4.78 is 7.91. The molecule has 2 aromatic carbocycles. The number of anilines is 1. The largest absolute Gasteiger partial charge is 0.457 e. The van der Waals surface area contributed by atoms with Crippen LogP contribution >= 0.6 is 12.4 Å². The number of carbonyl (C=O) groups is 1. The number of nitrogens with two attached hydrogens (primary N) is 2. The molecule has 1 fully saturated rings. The normalized spacial score (nSPS) is 18.1. The van der Waals surface area contributed by atoms with Crippen molar-refractivity contribution in [2.45, 2.75) is 57.2 Å². The highest BCUT2D eigenvalue weighted by Gasteiger charge is 2.28. The Morgan fingerprint density at radius 2 is 1.73 bits per heavy atom. The van der Waals surface area contributed by atoms with E-state index < -0.39 is 6.04 Å². The van der Waals surface area contributed by atoms with Gasteiger partial charge in [0, 0.05) is 11.6 Å². The van der Waals surface area contributed by atoms with E-state index in [1.54, 1.807) is 0 Å². The molecule has 37 heavy (non-hydrogen) atoms. The molecule has 1 aliphatic carbocycles. The zero-order chi connectivity index (χ0) is 25.1. The number of ether oxygens (including phenoxy) is 1. The Bertz CT molecular complexity index is 1340. The number of aromatic nitrogens is 4. The predicted octanol–water partition coefficient (Wildman–Crippen LogP) is 4.63. The summed E-state index contributed by atoms with van der Waals surface area (Å²) in [6, 6.07) is 17.3. The standard InChI is InChI=1S/C27H31N7O2.ClH/c1-2-22(28)27(35)32-18-10-12-19(13-11-18)34-26-23(25(29)30-16-31-26)24(33-34)17-8-14-21(15-9-17)36-20-6-4-3-5-7-20;/h3-9,14-16,18-19,22H,2,10-13,28H2,1H3,(H,32,35)(H2,29,30,31);1H. The molecule has 1 atom stereocenters. The van der Waals surface area contributed by atoms with E-state index in [2.05, 4.69) is 15.3 Å². The van der Waals surface area contributed by atoms with E-state index in [9.17, 15) is 4.79 Å². The zero-order valence-electron chi connectivity index (χ0n) is 20.7. The van der Waals surface area contributed by atoms with Crippen LogP contribution in [0.15, 0.2) is 60.9 Å². The Labute approximate surface area is 222 Å². The lowest BCUT2D eigenvalue weighted by atomic mass is 9.91. The number of benzene rings is 2. The SMILES string of the molecule is CCC(N)C(=O)NC1CCC(n2nc(-c3ccc(Oc4ccccc4)cc3)c3c(N)ncnc32)CC1.Cl. The highest BCUT2D eigenvalue weighted by molar-refractivity contribution is 5.98. The van der Waals surface area contributed by atoms with Crippen molar-refractivity contribution in [3.63, 3.8) is 0 Å². The average Bonchev–Trinajstić information content (AvgIpc) is 3.30. The van der Waals surface area contributed by atoms with Gasteiger partial charge in [-0.05, 0) is 68.5 Å². The van der Waals surface area contributed by atoms with Gasteiger partial charge < -0.3 is 21.5 Å². The van der Waals surface area contributed by atoms with Gasteiger partial charge in [0.2, 0.25) is 5.91 Å². The van der Waals surface area contributed by atoms with Gasteiger partial charge in [-0.2, -0.15) is 5.10 Å². The number of para-hydroxylation sites is 1. The van der Waals surface area contributed by atoms with Crippen molar-refractivity contribution in [3.05, 3.63) is 60.9 Å². The molecular formula is C27H32ClN7O2. The van der Waals surface area contributed by atoms with Gasteiger partial charge in [-0.1, -0.05) is 25.1 Å². The van der Waals surface area contributed by atoms with E-state index in [0.29, 0.717) is 12.2 Å². The van der Waals surface area contributed by atoms with E-state index in [4.69, 9.17) is 21.3 Å². The third-order valence-corrected chi connectivity index (χ3v) is 6.79. The Balaban J connectivity index is 0.00000320. The lowest BCUT2D eigenvalue weighted by Gasteiger charge is -2.30. The maximum atomic E-state index is 12.2. The minimum Gasteiger partial charge on any atom is -0.457 e. The minimum absolute atomic E-state index is 0. The van der Waals surface area contributed by atoms with E-state index in [0.717, 1.165) is 59.5 Å². The van der Waals surface area contributed by atoms with E-state index in [-0.39, 0.29) is 30.4 Å². The Hall–Kier alpha value is -3.69. The Morgan fingerprint density at radius 3 is 2.41 bits per heavy atom. The number of nitrogens with one attached hydrogen (secondary N) is 1. The number of halogens is 1. The number of hydrogen-bond donors (Lipinski definition) is 3. The first-order chi connectivity index (χ1) is 17.5. The van der Waals surface area contributed by atoms with Gasteiger partial charge in [-0.15, -0.1) is 12.4 Å². The van der Waals surface area contributed by atoms with Crippen LogP contribution in [-0.4, -0.2) is 37.7 Å². The van der Waals surface area contributed by atoms with Crippen LogP contribution in [0.5, 0.6) is 11.5 Å². The average molecular weight is 522 g/mol. The predicted molar refractivity (Wildman–Crippen MR) is 147 cm³/mol. The van der Waals surface area contributed by atoms with Crippen molar-refractivity contribution < 1.29 is 9.53 Å². The van der Waals surface area contributed by atoms with Gasteiger partial charge in [0.05, 0.1) is 17.5 Å². The summed E-state index contributed by atoms with van der Waals surface area (Å²) in [6.45, 7) is 1.92. The molecule has 9 nitrogen and oxygen atoms in total. The second kappa shape index (κ2) is 11.6. The van der Waals surface area contributed by atoms with Crippen molar-refractivity contribution in [1.82, 2.24) is 25.1 Å². The topological polar surface area (TPSA) is 134 Å². The van der Waals surface area contributed by atoms with Crippen molar-refractivity contribution in [2.75, 3.05) is 5.73 Å². The number of rotatable bonds is 7. The molecule has 4 aromatic rings. The third kappa shape index (κ3) is 5.68. The number of hydrogen-bond acceptors (Lipinski definition) is 7. The van der Waals surface area contributed by atoms with Gasteiger partial charge in [0.25, 0.3) is 0 Å². The first-order valence-corrected chi connectivity index (χ1v) is 12.4. The first-order valence-electron chi connectivity index (χ1n) is 12.4. The van der Waals surface area contributed by atoms with E-state index >= 15 is 0 Å². The molecule has 2 heterocycles. The molecule has 1 amide bonds. The summed E-state index contributed by atoms with van der Waals surface area (Å²) in [6.07, 6.45) is 5.57. The third-order valence-electron chi connectivity index (χ3n) is 6.79. The quantitative estimate of drug-likeness (QED) is 0.323. The van der Waals surface area contributed by atoms with Gasteiger partial charge in [-0.3, -0.25) is 4.79 Å². The van der Waals surface area contributed by atoms with Crippen LogP contribution in [0.25, 0.3) is 22.3 Å². The molecule has 1 unspecified atom stereocenters. The molecule has 5 N–H and O–H groups in total. The lowest BCUT2D eigenvalue weighted by Crippen LogP contribution is -2.46. The lowest BCUT2D eigenvalue weighted by molar-refractivity contribution is -0.123. The van der Waals surface area contributed by atoms with Crippen LogP contribution in [0, 0.1) is 0 Å². The molecule has 10 heteroatoms. The smallest absolute Gasteiger partial charge is 0.237 e. The van der Waals surface area contributed by atoms with E-state index in [1.165, 1.54) is 6.33 Å². The van der Waals surface area contributed by atoms with Gasteiger partial charge >= 0.3 is 0 Å². The van der Waals surface area contributed by atoms with Crippen molar-refractivity contribution in [1.29, 1.82) is 0 Å². The monoisotopic (exact) mass is 521 g/mol. The van der Waals surface area contributed by atoms with Crippen molar-refractivity contribution in [2.24, 2.45) is 5.73 Å². The molecule has 0 saturated heterocycles. The zero-order valence-corrected chi connectivity index (χ0v) is 21.5. The molecular weight excluding hydrogens is 490 g/mol. The fraction of sp³-hybridized carbons (Fsp3) is 0.333. The maximum absolute atomic E-state index is 12.2. The molecule has 194 valence electrons. The number of carbonyl (C=O) groups excluding carboxylic acids is 1. The number of amides is 1. The summed E-state index contributed by atoms with van der Waals surface area (Å²) in [5, 5.41) is 8.81.